The topological polar surface area (TPSA) is 165 Å². The smallest absolute Gasteiger partial charge is 0.322 e. The highest BCUT2D eigenvalue weighted by atomic mass is 16.4. The molecule has 220 valence electrons. The molecule has 4 atom stereocenters. The Balaban J connectivity index is 1.42. The van der Waals surface area contributed by atoms with Crippen LogP contribution < -0.4 is 16.4 Å². The molecule has 4 rings (SSSR count). The predicted octanol–water partition coefficient (Wildman–Crippen LogP) is 0.646. The van der Waals surface area contributed by atoms with Crippen LogP contribution >= 0.6 is 0 Å². The van der Waals surface area contributed by atoms with Gasteiger partial charge in [0.2, 0.25) is 17.7 Å². The van der Waals surface area contributed by atoms with Gasteiger partial charge in [0.15, 0.2) is 0 Å². The van der Waals surface area contributed by atoms with E-state index >= 15 is 0 Å². The number of nitrogens with one attached hydrogen (secondary N) is 2. The standard InChI is InChI=1S/C30H39N5O6/c31-24(16-21-10-12-23(36)13-11-21)29(40)34-14-4-8-22(34)18-32-25(17-20-6-2-1-3-7-20)30(41)35-15-5-9-26(35)28(39)33-19-27(37)38/h1-3,6-7,10-13,22,24-26,32,36H,4-5,8-9,14-19,31H2,(H,33,39)(H,37,38)/t22-,24-,25-,26-/m0/s1. The lowest BCUT2D eigenvalue weighted by Crippen LogP contribution is -2.56. The molecule has 6 N–H and O–H groups in total. The number of aromatic hydroxyl groups is 1. The van der Waals surface area contributed by atoms with Crippen LogP contribution in [0.3, 0.4) is 0 Å². The molecule has 2 aliphatic rings. The zero-order chi connectivity index (χ0) is 29.4. The van der Waals surface area contributed by atoms with Gasteiger partial charge in [0.05, 0.1) is 12.1 Å². The molecule has 2 heterocycles. The number of carbonyl (C=O) groups excluding carboxylic acids is 3. The summed E-state index contributed by atoms with van der Waals surface area (Å²) in [6, 6.07) is 14.0. The number of aliphatic carboxylic acids is 1. The van der Waals surface area contributed by atoms with Gasteiger partial charge in [0, 0.05) is 25.7 Å². The second kappa shape index (κ2) is 14.1. The molecule has 0 saturated carbocycles. The number of amides is 3. The van der Waals surface area contributed by atoms with Crippen molar-refractivity contribution >= 4 is 23.7 Å². The molecule has 11 heteroatoms. The number of phenolic OH excluding ortho intramolecular Hbond substituents is 1. The van der Waals surface area contributed by atoms with Crippen molar-refractivity contribution in [2.45, 2.75) is 62.7 Å². The largest absolute Gasteiger partial charge is 0.508 e. The summed E-state index contributed by atoms with van der Waals surface area (Å²) in [5, 5.41) is 24.2. The van der Waals surface area contributed by atoms with Gasteiger partial charge in [-0.1, -0.05) is 42.5 Å². The zero-order valence-corrected chi connectivity index (χ0v) is 23.1. The van der Waals surface area contributed by atoms with Crippen LogP contribution in [0.1, 0.15) is 36.8 Å². The molecule has 0 unspecified atom stereocenters. The highest BCUT2D eigenvalue weighted by molar-refractivity contribution is 5.91. The number of likely N-dealkylation sites (tertiary alicyclic amines) is 2. The first-order valence-corrected chi connectivity index (χ1v) is 14.1. The highest BCUT2D eigenvalue weighted by Crippen LogP contribution is 2.22. The van der Waals surface area contributed by atoms with E-state index in [1.54, 1.807) is 34.1 Å². The molecule has 0 spiro atoms. The molecule has 0 aliphatic carbocycles. The third kappa shape index (κ3) is 8.05. The summed E-state index contributed by atoms with van der Waals surface area (Å²) in [7, 11) is 0. The summed E-state index contributed by atoms with van der Waals surface area (Å²) in [6.07, 6.45) is 3.49. The van der Waals surface area contributed by atoms with E-state index in [4.69, 9.17) is 10.8 Å². The van der Waals surface area contributed by atoms with Gasteiger partial charge in [-0.25, -0.2) is 0 Å². The van der Waals surface area contributed by atoms with E-state index < -0.39 is 36.5 Å². The first-order chi connectivity index (χ1) is 19.7. The number of benzene rings is 2. The molecule has 2 fully saturated rings. The van der Waals surface area contributed by atoms with E-state index in [1.807, 2.05) is 30.3 Å². The highest BCUT2D eigenvalue weighted by Gasteiger charge is 2.38. The van der Waals surface area contributed by atoms with Crippen molar-refractivity contribution in [3.8, 4) is 5.75 Å². The number of carbonyl (C=O) groups is 4. The lowest BCUT2D eigenvalue weighted by molar-refractivity contribution is -0.141. The van der Waals surface area contributed by atoms with Gasteiger partial charge in [-0.05, 0) is 61.8 Å². The maximum atomic E-state index is 13.8. The monoisotopic (exact) mass is 565 g/mol. The fourth-order valence-electron chi connectivity index (χ4n) is 5.68. The van der Waals surface area contributed by atoms with Crippen molar-refractivity contribution < 1.29 is 29.4 Å². The molecule has 3 amide bonds. The van der Waals surface area contributed by atoms with E-state index in [0.29, 0.717) is 45.3 Å². The number of hydrogen-bond acceptors (Lipinski definition) is 7. The number of rotatable bonds is 12. The van der Waals surface area contributed by atoms with Crippen LogP contribution in [-0.4, -0.2) is 94.1 Å². The number of nitrogens with two attached hydrogens (primary N) is 1. The van der Waals surface area contributed by atoms with Gasteiger partial charge in [-0.15, -0.1) is 0 Å². The minimum Gasteiger partial charge on any atom is -0.508 e. The van der Waals surface area contributed by atoms with Gasteiger partial charge < -0.3 is 36.4 Å². The van der Waals surface area contributed by atoms with Crippen molar-refractivity contribution in [2.24, 2.45) is 5.73 Å². The van der Waals surface area contributed by atoms with Crippen LogP contribution in [0.25, 0.3) is 0 Å². The molecular weight excluding hydrogens is 526 g/mol. The average Bonchev–Trinajstić information content (AvgIpc) is 3.65. The van der Waals surface area contributed by atoms with E-state index in [2.05, 4.69) is 10.6 Å². The lowest BCUT2D eigenvalue weighted by Gasteiger charge is -2.32. The first-order valence-electron chi connectivity index (χ1n) is 14.1. The fraction of sp³-hybridized carbons (Fsp3) is 0.467. The Morgan fingerprint density at radius 2 is 1.54 bits per heavy atom. The molecule has 2 aromatic carbocycles. The minimum absolute atomic E-state index is 0.132. The van der Waals surface area contributed by atoms with E-state index in [1.165, 1.54) is 0 Å². The van der Waals surface area contributed by atoms with Crippen LogP contribution in [0.4, 0.5) is 0 Å². The van der Waals surface area contributed by atoms with Crippen molar-refractivity contribution in [2.75, 3.05) is 26.2 Å². The molecule has 0 bridgehead atoms. The number of hydrogen-bond donors (Lipinski definition) is 5. The van der Waals surface area contributed by atoms with E-state index in [-0.39, 0.29) is 23.6 Å². The quantitative estimate of drug-likeness (QED) is 0.250. The van der Waals surface area contributed by atoms with E-state index in [9.17, 15) is 24.3 Å². The molecule has 2 aliphatic heterocycles. The van der Waals surface area contributed by atoms with Crippen molar-refractivity contribution in [1.82, 2.24) is 20.4 Å². The third-order valence-electron chi connectivity index (χ3n) is 7.80. The normalized spacial score (nSPS) is 20.0. The molecule has 2 aromatic rings. The van der Waals surface area contributed by atoms with Gasteiger partial charge in [0.25, 0.3) is 0 Å². The lowest BCUT2D eigenvalue weighted by atomic mass is 10.0. The number of nitrogens with zero attached hydrogens (tertiary/aromatic N) is 2. The van der Waals surface area contributed by atoms with E-state index in [0.717, 1.165) is 24.0 Å². The van der Waals surface area contributed by atoms with Crippen molar-refractivity contribution in [3.63, 3.8) is 0 Å². The SMILES string of the molecule is N[C@@H](Cc1ccc(O)cc1)C(=O)N1CCC[C@H]1CN[C@@H](Cc1ccccc1)C(=O)N1CCC[C@H]1C(=O)NCC(=O)O. The Morgan fingerprint density at radius 3 is 2.24 bits per heavy atom. The minimum atomic E-state index is -1.14. The van der Waals surface area contributed by atoms with Crippen LogP contribution in [0.5, 0.6) is 5.75 Å². The Labute approximate surface area is 239 Å². The van der Waals surface area contributed by atoms with Crippen LogP contribution in [-0.2, 0) is 32.0 Å². The van der Waals surface area contributed by atoms with Gasteiger partial charge in [-0.3, -0.25) is 19.2 Å². The summed E-state index contributed by atoms with van der Waals surface area (Å²) in [5.41, 5.74) is 8.11. The molecule has 0 radical (unpaired) electrons. The van der Waals surface area contributed by atoms with Crippen molar-refractivity contribution in [1.29, 1.82) is 0 Å². The molecule has 11 nitrogen and oxygen atoms in total. The maximum Gasteiger partial charge on any atom is 0.322 e. The first kappa shape index (κ1) is 30.0. The average molecular weight is 566 g/mol. The Morgan fingerprint density at radius 1 is 0.878 bits per heavy atom. The number of phenols is 1. The maximum absolute atomic E-state index is 13.8. The third-order valence-corrected chi connectivity index (χ3v) is 7.80. The second-order valence-electron chi connectivity index (χ2n) is 10.8. The summed E-state index contributed by atoms with van der Waals surface area (Å²) in [6.45, 7) is 0.898. The Hall–Kier alpha value is -3.96. The summed E-state index contributed by atoms with van der Waals surface area (Å²) in [4.78, 5) is 54.1. The zero-order valence-electron chi connectivity index (χ0n) is 23.1. The molecule has 2 saturated heterocycles. The molecule has 41 heavy (non-hydrogen) atoms. The number of carboxylic acids is 1. The van der Waals surface area contributed by atoms with Crippen molar-refractivity contribution in [3.05, 3.63) is 65.7 Å². The summed E-state index contributed by atoms with van der Waals surface area (Å²) < 4.78 is 0. The van der Waals surface area contributed by atoms with Crippen LogP contribution in [0.15, 0.2) is 54.6 Å². The Bertz CT molecular complexity index is 1210. The van der Waals surface area contributed by atoms with Crippen LogP contribution in [0, 0.1) is 0 Å². The fourth-order valence-corrected chi connectivity index (χ4v) is 5.68. The Kier molecular flexibility index (Phi) is 10.3. The summed E-state index contributed by atoms with van der Waals surface area (Å²) in [5.74, 6) is -1.83. The molecular formula is C30H39N5O6. The van der Waals surface area contributed by atoms with Gasteiger partial charge in [0.1, 0.15) is 18.3 Å². The number of carboxylic acid groups (broad SMARTS) is 1. The van der Waals surface area contributed by atoms with Crippen LogP contribution in [0.2, 0.25) is 0 Å². The predicted molar refractivity (Wildman–Crippen MR) is 152 cm³/mol. The van der Waals surface area contributed by atoms with Gasteiger partial charge >= 0.3 is 5.97 Å². The molecule has 0 aromatic heterocycles. The van der Waals surface area contributed by atoms with Gasteiger partial charge in [-0.2, -0.15) is 0 Å². The summed E-state index contributed by atoms with van der Waals surface area (Å²) >= 11 is 0. The second-order valence-corrected chi connectivity index (χ2v) is 10.8.